The van der Waals surface area contributed by atoms with E-state index < -0.39 is 83.8 Å². The number of carbonyl (C=O) groups excluding carboxylic acids is 6. The van der Waals surface area contributed by atoms with Gasteiger partial charge in [0.25, 0.3) is 0 Å². The Balaban J connectivity index is 6.07. The first-order chi connectivity index (χ1) is 25.4. The number of aliphatic hydroxyl groups is 1. The van der Waals surface area contributed by atoms with E-state index in [1.54, 1.807) is 6.92 Å². The fourth-order valence-corrected chi connectivity index (χ4v) is 5.42. The molecule has 0 aliphatic rings. The summed E-state index contributed by atoms with van der Waals surface area (Å²) in [7, 11) is 0. The van der Waals surface area contributed by atoms with Crippen molar-refractivity contribution in [3.63, 3.8) is 0 Å². The van der Waals surface area contributed by atoms with Gasteiger partial charge in [0.2, 0.25) is 35.4 Å². The van der Waals surface area contributed by atoms with Gasteiger partial charge in [0.15, 0.2) is 5.96 Å². The Kier molecular flexibility index (Phi) is 24.9. The van der Waals surface area contributed by atoms with Crippen molar-refractivity contribution in [1.82, 2.24) is 31.9 Å². The summed E-state index contributed by atoms with van der Waals surface area (Å²) in [4.78, 5) is 92.7. The number of guanidine groups is 1. The zero-order valence-corrected chi connectivity index (χ0v) is 32.7. The van der Waals surface area contributed by atoms with E-state index in [1.165, 1.54) is 13.8 Å². The van der Waals surface area contributed by atoms with Gasteiger partial charge in [0.1, 0.15) is 24.2 Å². The monoisotopic (exact) mass is 771 g/mol. The molecule has 0 saturated carbocycles. The molecule has 19 nitrogen and oxygen atoms in total. The molecule has 8 atom stereocenters. The number of nitrogens with two attached hydrogens (primary N) is 3. The molecule has 0 heterocycles. The molecule has 0 saturated heterocycles. The summed E-state index contributed by atoms with van der Waals surface area (Å²) in [5.41, 5.74) is 15.9. The normalized spacial score (nSPS) is 15.5. The number of primary amides is 1. The van der Waals surface area contributed by atoms with Crippen molar-refractivity contribution in [1.29, 1.82) is 0 Å². The Morgan fingerprint density at radius 3 is 1.74 bits per heavy atom. The number of aliphatic hydroxyl groups excluding tert-OH is 1. The zero-order chi connectivity index (χ0) is 41.4. The Labute approximate surface area is 318 Å². The molecule has 0 unspecified atom stereocenters. The van der Waals surface area contributed by atoms with Crippen LogP contribution in [0.5, 0.6) is 0 Å². The van der Waals surface area contributed by atoms with Crippen LogP contribution in [0.1, 0.15) is 112 Å². The van der Waals surface area contributed by atoms with Gasteiger partial charge in [-0.05, 0) is 44.9 Å². The smallest absolute Gasteiger partial charge is 0.326 e. The van der Waals surface area contributed by atoms with E-state index in [9.17, 15) is 43.8 Å². The van der Waals surface area contributed by atoms with Gasteiger partial charge in [0.05, 0.1) is 12.1 Å². The number of nitrogens with zero attached hydrogens (tertiary/aromatic N) is 1. The Morgan fingerprint density at radius 2 is 1.22 bits per heavy atom. The number of aliphatic carboxylic acids is 1. The summed E-state index contributed by atoms with van der Waals surface area (Å²) in [5.74, 6) is -5.58. The van der Waals surface area contributed by atoms with Gasteiger partial charge in [-0.2, -0.15) is 0 Å². The van der Waals surface area contributed by atoms with Crippen molar-refractivity contribution in [3.8, 4) is 0 Å². The van der Waals surface area contributed by atoms with Crippen molar-refractivity contribution >= 4 is 47.4 Å². The molecule has 310 valence electrons. The zero-order valence-electron chi connectivity index (χ0n) is 32.7. The van der Waals surface area contributed by atoms with Crippen LogP contribution in [0, 0.1) is 5.92 Å². The molecule has 54 heavy (non-hydrogen) atoms. The number of carboxylic acids is 1. The van der Waals surface area contributed by atoms with Gasteiger partial charge in [0, 0.05) is 32.5 Å². The minimum atomic E-state index is -1.32. The topological polar surface area (TPSA) is 323 Å². The number of carboxylic acid groups (broad SMARTS) is 1. The molecule has 0 aromatic rings. The van der Waals surface area contributed by atoms with Crippen LogP contribution >= 0.6 is 0 Å². The molecule has 0 aromatic carbocycles. The van der Waals surface area contributed by atoms with Crippen LogP contribution in [-0.2, 0) is 33.6 Å². The highest BCUT2D eigenvalue weighted by Crippen LogP contribution is 2.12. The van der Waals surface area contributed by atoms with E-state index in [-0.39, 0.29) is 50.7 Å². The van der Waals surface area contributed by atoms with Gasteiger partial charge in [-0.1, -0.05) is 59.8 Å². The molecule has 0 aromatic heterocycles. The third kappa shape index (κ3) is 20.6. The molecule has 6 amide bonds. The van der Waals surface area contributed by atoms with E-state index in [2.05, 4.69) is 36.9 Å². The predicted molar refractivity (Wildman–Crippen MR) is 203 cm³/mol. The van der Waals surface area contributed by atoms with Gasteiger partial charge >= 0.3 is 5.97 Å². The molecule has 19 heteroatoms. The van der Waals surface area contributed by atoms with E-state index in [0.29, 0.717) is 25.7 Å². The maximum absolute atomic E-state index is 13.7. The second-order valence-electron chi connectivity index (χ2n) is 13.7. The third-order valence-electron chi connectivity index (χ3n) is 8.82. The Morgan fingerprint density at radius 1 is 0.667 bits per heavy atom. The summed E-state index contributed by atoms with van der Waals surface area (Å²) in [6, 6.07) is -6.18. The molecular formula is C35H66N10O9. The molecule has 0 rings (SSSR count). The lowest BCUT2D eigenvalue weighted by molar-refractivity contribution is -0.142. The maximum Gasteiger partial charge on any atom is 0.326 e. The van der Waals surface area contributed by atoms with Crippen molar-refractivity contribution in [2.45, 2.75) is 155 Å². The summed E-state index contributed by atoms with van der Waals surface area (Å²) in [6.07, 6.45) is 2.94. The molecule has 14 N–H and O–H groups in total. The standard InChI is InChI=1S/C35H66N10O9/c1-7-10-13-23(42-32(51)28(20(4)9-3)45-33(52)29(21(5)46)41-22(6)47)19-40-24(14-11-8-2)30(49)43-25(16-17-27(36)48)31(50)44-26(34(53)54)15-12-18-39-35(37)38/h20-21,23-26,28-29,40,46H,7-19H2,1-6H3,(H2,36,48)(H,41,47)(H,42,51)(H,43,49)(H,44,50)(H,45,52)(H,53,54)(H4,37,38,39)/t20-,21+,23-,24-,25-,26-,28-,29-/m0/s1. The summed E-state index contributed by atoms with van der Waals surface area (Å²) >= 11 is 0. The minimum absolute atomic E-state index is 0.00208. The lowest BCUT2D eigenvalue weighted by Crippen LogP contribution is -2.60. The highest BCUT2D eigenvalue weighted by Gasteiger charge is 2.33. The maximum atomic E-state index is 13.7. The number of hydrogen-bond donors (Lipinski definition) is 11. The molecule has 0 fully saturated rings. The summed E-state index contributed by atoms with van der Waals surface area (Å²) in [6.45, 7) is 10.4. The molecule has 0 spiro atoms. The first-order valence-corrected chi connectivity index (χ1v) is 18.8. The first-order valence-electron chi connectivity index (χ1n) is 18.8. The van der Waals surface area contributed by atoms with Crippen LogP contribution < -0.4 is 49.1 Å². The van der Waals surface area contributed by atoms with Crippen molar-refractivity contribution < 1.29 is 43.8 Å². The second kappa shape index (κ2) is 27.1. The Hall–Kier alpha value is -4.52. The Bertz CT molecular complexity index is 1250. The molecule has 0 bridgehead atoms. The number of amides is 6. The van der Waals surface area contributed by atoms with Crippen LogP contribution in [0.25, 0.3) is 0 Å². The van der Waals surface area contributed by atoms with Gasteiger partial charge < -0.3 is 59.3 Å². The van der Waals surface area contributed by atoms with Gasteiger partial charge in [-0.15, -0.1) is 0 Å². The largest absolute Gasteiger partial charge is 0.480 e. The van der Waals surface area contributed by atoms with Gasteiger partial charge in [-0.3, -0.25) is 33.8 Å². The first kappa shape index (κ1) is 49.5. The van der Waals surface area contributed by atoms with Crippen molar-refractivity contribution in [2.75, 3.05) is 13.1 Å². The highest BCUT2D eigenvalue weighted by atomic mass is 16.4. The number of carbonyl (C=O) groups is 7. The highest BCUT2D eigenvalue weighted by molar-refractivity contribution is 5.93. The average Bonchev–Trinajstić information content (AvgIpc) is 3.09. The quantitative estimate of drug-likeness (QED) is 0.0238. The van der Waals surface area contributed by atoms with Crippen molar-refractivity contribution in [2.24, 2.45) is 28.1 Å². The minimum Gasteiger partial charge on any atom is -0.480 e. The third-order valence-corrected chi connectivity index (χ3v) is 8.82. The van der Waals surface area contributed by atoms with Crippen LogP contribution in [-0.4, -0.2) is 113 Å². The van der Waals surface area contributed by atoms with Crippen LogP contribution in [0.2, 0.25) is 0 Å². The predicted octanol–water partition coefficient (Wildman–Crippen LogP) is -1.40. The number of aliphatic imine (C=N–C) groups is 1. The van der Waals surface area contributed by atoms with Crippen molar-refractivity contribution in [3.05, 3.63) is 0 Å². The molecule has 0 aliphatic heterocycles. The van der Waals surface area contributed by atoms with Crippen LogP contribution in [0.3, 0.4) is 0 Å². The fourth-order valence-electron chi connectivity index (χ4n) is 5.42. The number of nitrogens with one attached hydrogen (secondary N) is 6. The van der Waals surface area contributed by atoms with Gasteiger partial charge in [-0.25, -0.2) is 4.79 Å². The number of unbranched alkanes of at least 4 members (excludes halogenated alkanes) is 2. The van der Waals surface area contributed by atoms with E-state index >= 15 is 0 Å². The van der Waals surface area contributed by atoms with Crippen LogP contribution in [0.15, 0.2) is 4.99 Å². The lowest BCUT2D eigenvalue weighted by atomic mass is 9.96. The summed E-state index contributed by atoms with van der Waals surface area (Å²) in [5, 5.41) is 36.2. The molecule has 0 radical (unpaired) electrons. The second-order valence-corrected chi connectivity index (χ2v) is 13.7. The number of hydrogen-bond acceptors (Lipinski definition) is 10. The average molecular weight is 771 g/mol. The van der Waals surface area contributed by atoms with Crippen LogP contribution in [0.4, 0.5) is 0 Å². The number of rotatable bonds is 29. The molecule has 0 aliphatic carbocycles. The molecular weight excluding hydrogens is 704 g/mol. The SMILES string of the molecule is CCCC[C@@H](CN[C@@H](CCCC)C(=O)N[C@@H](CCC(N)=O)C(=O)N[C@@H](CCCN=C(N)N)C(=O)O)NC(=O)[C@@H](NC(=O)[C@@H](NC(C)=O)[C@@H](C)O)[C@@H](C)CC. The fraction of sp³-hybridized carbons (Fsp3) is 0.771. The van der Waals surface area contributed by atoms with E-state index in [1.807, 2.05) is 20.8 Å². The lowest BCUT2D eigenvalue weighted by Gasteiger charge is -2.30. The summed E-state index contributed by atoms with van der Waals surface area (Å²) < 4.78 is 0. The van der Waals surface area contributed by atoms with E-state index in [0.717, 1.165) is 19.3 Å². The van der Waals surface area contributed by atoms with E-state index in [4.69, 9.17) is 17.2 Å².